The summed E-state index contributed by atoms with van der Waals surface area (Å²) in [6.45, 7) is 2.14. The number of halogens is 2. The summed E-state index contributed by atoms with van der Waals surface area (Å²) in [6, 6.07) is 19.5. The molecule has 0 bridgehead atoms. The molecule has 0 aliphatic carbocycles. The molecule has 0 fully saturated rings. The highest BCUT2D eigenvalue weighted by molar-refractivity contribution is 7.25. The van der Waals surface area contributed by atoms with E-state index in [0.717, 1.165) is 25.9 Å². The first-order valence-electron chi connectivity index (χ1n) is 11.3. The van der Waals surface area contributed by atoms with Gasteiger partial charge in [0.25, 0.3) is 6.36 Å². The fourth-order valence-corrected chi connectivity index (χ4v) is 5.16. The van der Waals surface area contributed by atoms with Crippen molar-refractivity contribution in [2.45, 2.75) is 19.7 Å². The second kappa shape index (κ2) is 10.5. The molecule has 9 heteroatoms. The summed E-state index contributed by atoms with van der Waals surface area (Å²) in [7, 11) is 0. The maximum absolute atomic E-state index is 14.5. The van der Waals surface area contributed by atoms with Gasteiger partial charge >= 0.3 is 5.97 Å². The van der Waals surface area contributed by atoms with E-state index in [1.54, 1.807) is 49.4 Å². The largest absolute Gasteiger partial charge is 0.466 e. The number of carbonyl (C=O) groups is 1. The number of aromatic nitrogens is 2. The Balaban J connectivity index is 1.39. The quantitative estimate of drug-likeness (QED) is 0.214. The van der Waals surface area contributed by atoms with Crippen LogP contribution < -0.4 is 10.1 Å². The van der Waals surface area contributed by atoms with Gasteiger partial charge in [-0.3, -0.25) is 4.79 Å². The zero-order chi connectivity index (χ0) is 25.1. The maximum Gasteiger partial charge on any atom is 0.310 e. The van der Waals surface area contributed by atoms with Crippen molar-refractivity contribution in [3.05, 3.63) is 89.2 Å². The second-order valence-corrected chi connectivity index (χ2v) is 9.37. The molecule has 0 saturated heterocycles. The Labute approximate surface area is 215 Å². The van der Waals surface area contributed by atoms with E-state index < -0.39 is 6.36 Å². The number of anilines is 2. The Bertz CT molecular complexity index is 1540. The van der Waals surface area contributed by atoms with Gasteiger partial charge in [0.1, 0.15) is 22.7 Å². The summed E-state index contributed by atoms with van der Waals surface area (Å²) in [5.74, 6) is 0.593. The van der Waals surface area contributed by atoms with Crippen molar-refractivity contribution >= 4 is 60.7 Å². The molecule has 1 N–H and O–H groups in total. The molecular weight excluding hydrogens is 501 g/mol. The summed E-state index contributed by atoms with van der Waals surface area (Å²) < 4.78 is 26.0. The van der Waals surface area contributed by atoms with Gasteiger partial charge in [-0.2, -0.15) is 4.39 Å². The lowest BCUT2D eigenvalue weighted by Gasteiger charge is -2.14. The molecule has 1 atom stereocenters. The summed E-state index contributed by atoms with van der Waals surface area (Å²) in [4.78, 5) is 21.5. The van der Waals surface area contributed by atoms with E-state index in [4.69, 9.17) is 21.1 Å². The lowest BCUT2D eigenvalue weighted by Crippen LogP contribution is -2.07. The number of benzene rings is 3. The molecule has 5 aromatic rings. The van der Waals surface area contributed by atoms with Crippen molar-refractivity contribution in [3.8, 4) is 5.75 Å². The van der Waals surface area contributed by atoms with Crippen LogP contribution in [0.2, 0.25) is 5.02 Å². The lowest BCUT2D eigenvalue weighted by atomic mass is 10.1. The first kappa shape index (κ1) is 24.0. The van der Waals surface area contributed by atoms with Gasteiger partial charge in [0, 0.05) is 21.3 Å². The summed E-state index contributed by atoms with van der Waals surface area (Å²) in [5, 5.41) is 5.39. The average Bonchev–Trinajstić information content (AvgIpc) is 3.25. The Morgan fingerprint density at radius 1 is 1.11 bits per heavy atom. The lowest BCUT2D eigenvalue weighted by molar-refractivity contribution is -0.142. The van der Waals surface area contributed by atoms with Crippen LogP contribution in [-0.2, 0) is 16.0 Å². The van der Waals surface area contributed by atoms with Crippen molar-refractivity contribution in [1.82, 2.24) is 9.97 Å². The number of hydrogen-bond donors (Lipinski definition) is 1. The molecular formula is C27H21ClFN3O3S. The predicted molar refractivity (Wildman–Crippen MR) is 141 cm³/mol. The van der Waals surface area contributed by atoms with Crippen molar-refractivity contribution in [2.24, 2.45) is 0 Å². The minimum atomic E-state index is -1.63. The van der Waals surface area contributed by atoms with Crippen molar-refractivity contribution in [1.29, 1.82) is 0 Å². The number of hydrogen-bond acceptors (Lipinski definition) is 7. The molecule has 6 nitrogen and oxygen atoms in total. The number of rotatable bonds is 8. The molecule has 0 amide bonds. The maximum atomic E-state index is 14.5. The van der Waals surface area contributed by atoms with E-state index in [1.807, 2.05) is 24.3 Å². The predicted octanol–water partition coefficient (Wildman–Crippen LogP) is 7.39. The molecule has 0 saturated carbocycles. The monoisotopic (exact) mass is 521 g/mol. The van der Waals surface area contributed by atoms with E-state index >= 15 is 0 Å². The number of alkyl halides is 1. The van der Waals surface area contributed by atoms with Gasteiger partial charge in [-0.25, -0.2) is 9.97 Å². The van der Waals surface area contributed by atoms with Gasteiger partial charge in [-0.1, -0.05) is 54.1 Å². The van der Waals surface area contributed by atoms with Crippen LogP contribution in [0.3, 0.4) is 0 Å². The van der Waals surface area contributed by atoms with Crippen LogP contribution in [0.5, 0.6) is 5.75 Å². The van der Waals surface area contributed by atoms with E-state index in [1.165, 1.54) is 17.7 Å². The van der Waals surface area contributed by atoms with Crippen LogP contribution in [-0.4, -0.2) is 22.5 Å². The SMILES string of the molecule is CCOC(=O)Cc1ccc2c(c1)sc1ncnc(Nc3ccc(OC(F)c4ccccc4)c(Cl)c3)c12. The number of esters is 1. The average molecular weight is 522 g/mol. The van der Waals surface area contributed by atoms with Crippen molar-refractivity contribution in [2.75, 3.05) is 11.9 Å². The third-order valence-corrected chi connectivity index (χ3v) is 6.83. The fourth-order valence-electron chi connectivity index (χ4n) is 3.83. The molecule has 2 aromatic heterocycles. The normalized spacial score (nSPS) is 12.0. The highest BCUT2D eigenvalue weighted by Crippen LogP contribution is 2.38. The van der Waals surface area contributed by atoms with Crippen LogP contribution in [0.25, 0.3) is 20.3 Å². The third kappa shape index (κ3) is 5.10. The molecule has 1 unspecified atom stereocenters. The summed E-state index contributed by atoms with van der Waals surface area (Å²) in [6.07, 6.45) is 0.0766. The first-order valence-corrected chi connectivity index (χ1v) is 12.4. The third-order valence-electron chi connectivity index (χ3n) is 5.47. The molecule has 2 heterocycles. The molecule has 0 aliphatic rings. The van der Waals surface area contributed by atoms with Crippen LogP contribution >= 0.6 is 22.9 Å². The fraction of sp³-hybridized carbons (Fsp3) is 0.148. The molecule has 0 aliphatic heterocycles. The minimum absolute atomic E-state index is 0.214. The summed E-state index contributed by atoms with van der Waals surface area (Å²) >= 11 is 7.92. The van der Waals surface area contributed by atoms with Crippen LogP contribution in [0.15, 0.2) is 73.1 Å². The Hall–Kier alpha value is -3.75. The minimum Gasteiger partial charge on any atom is -0.466 e. The van der Waals surface area contributed by atoms with Gasteiger partial charge in [0.05, 0.1) is 23.4 Å². The standard InChI is InChI=1S/C27H21ClFN3O3S/c1-2-34-23(33)13-16-8-10-19-22(12-16)36-27-24(19)26(30-15-31-27)32-18-9-11-21(20(28)14-18)35-25(29)17-6-4-3-5-7-17/h3-12,14-15,25H,2,13H2,1H3,(H,30,31,32). The van der Waals surface area contributed by atoms with Crippen molar-refractivity contribution < 1.29 is 18.7 Å². The van der Waals surface area contributed by atoms with Gasteiger partial charge < -0.3 is 14.8 Å². The summed E-state index contributed by atoms with van der Waals surface area (Å²) in [5.41, 5.74) is 1.95. The second-order valence-electron chi connectivity index (χ2n) is 7.93. The topological polar surface area (TPSA) is 73.3 Å². The highest BCUT2D eigenvalue weighted by Gasteiger charge is 2.16. The van der Waals surface area contributed by atoms with E-state index in [9.17, 15) is 9.18 Å². The van der Waals surface area contributed by atoms with Crippen molar-refractivity contribution in [3.63, 3.8) is 0 Å². The van der Waals surface area contributed by atoms with Crippen LogP contribution in [0.1, 0.15) is 24.4 Å². The Kier molecular flexibility index (Phi) is 6.97. The zero-order valence-electron chi connectivity index (χ0n) is 19.2. The molecule has 0 radical (unpaired) electrons. The molecule has 0 spiro atoms. The van der Waals surface area contributed by atoms with E-state index in [-0.39, 0.29) is 23.2 Å². The number of carbonyl (C=O) groups excluding carboxylic acids is 1. The number of thiophene rings is 1. The van der Waals surface area contributed by atoms with Gasteiger partial charge in [-0.15, -0.1) is 11.3 Å². The molecule has 5 rings (SSSR count). The zero-order valence-corrected chi connectivity index (χ0v) is 20.8. The van der Waals surface area contributed by atoms with Gasteiger partial charge in [-0.05, 0) is 36.8 Å². The van der Waals surface area contributed by atoms with Gasteiger partial charge in [0.2, 0.25) is 0 Å². The Morgan fingerprint density at radius 3 is 2.72 bits per heavy atom. The highest BCUT2D eigenvalue weighted by atomic mass is 35.5. The molecule has 182 valence electrons. The number of fused-ring (bicyclic) bond motifs is 3. The Morgan fingerprint density at radius 2 is 1.94 bits per heavy atom. The number of nitrogens with one attached hydrogen (secondary N) is 1. The van der Waals surface area contributed by atoms with Gasteiger partial charge in [0.15, 0.2) is 0 Å². The van der Waals surface area contributed by atoms with Crippen LogP contribution in [0.4, 0.5) is 15.9 Å². The molecule has 3 aromatic carbocycles. The number of nitrogens with zero attached hydrogens (tertiary/aromatic N) is 2. The first-order chi connectivity index (χ1) is 17.5. The number of ether oxygens (including phenoxy) is 2. The van der Waals surface area contributed by atoms with Crippen LogP contribution in [0, 0.1) is 0 Å². The molecule has 36 heavy (non-hydrogen) atoms. The van der Waals surface area contributed by atoms with E-state index in [0.29, 0.717) is 23.7 Å². The smallest absolute Gasteiger partial charge is 0.310 e. The van der Waals surface area contributed by atoms with E-state index in [2.05, 4.69) is 15.3 Å².